The Hall–Kier alpha value is -3.59. The van der Waals surface area contributed by atoms with Gasteiger partial charge in [0.05, 0.1) is 17.2 Å². The molecular weight excluding hydrogens is 367 g/mol. The molecule has 1 amide bonds. The first kappa shape index (κ1) is 18.8. The van der Waals surface area contributed by atoms with Crippen LogP contribution < -0.4 is 0 Å². The molecular formula is C23H19FN4O. The fourth-order valence-electron chi connectivity index (χ4n) is 3.83. The van der Waals surface area contributed by atoms with Crippen molar-refractivity contribution >= 4 is 5.91 Å². The smallest absolute Gasteiger partial charge is 0.254 e. The Morgan fingerprint density at radius 3 is 2.69 bits per heavy atom. The van der Waals surface area contributed by atoms with Crippen molar-refractivity contribution in [3.8, 4) is 17.3 Å². The molecule has 4 rings (SSSR count). The Kier molecular flexibility index (Phi) is 5.05. The minimum atomic E-state index is -0.669. The lowest BCUT2D eigenvalue weighted by Crippen LogP contribution is -2.33. The van der Waals surface area contributed by atoms with Crippen molar-refractivity contribution in [2.45, 2.75) is 12.8 Å². The van der Waals surface area contributed by atoms with Crippen LogP contribution in [0.15, 0.2) is 67.1 Å². The van der Waals surface area contributed by atoms with Gasteiger partial charge in [0.1, 0.15) is 12.1 Å². The van der Waals surface area contributed by atoms with E-state index in [2.05, 4.69) is 16.0 Å². The summed E-state index contributed by atoms with van der Waals surface area (Å²) in [6, 6.07) is 17.7. The van der Waals surface area contributed by atoms with Crippen molar-refractivity contribution in [1.29, 1.82) is 5.26 Å². The fraction of sp³-hybridized carbons (Fsp3) is 0.217. The van der Waals surface area contributed by atoms with Crippen molar-refractivity contribution in [3.63, 3.8) is 0 Å². The highest BCUT2D eigenvalue weighted by atomic mass is 19.1. The van der Waals surface area contributed by atoms with Gasteiger partial charge in [-0.05, 0) is 42.7 Å². The number of hydrogen-bond donors (Lipinski definition) is 0. The molecule has 0 radical (unpaired) electrons. The standard InChI is InChI=1S/C23H19FN4O/c24-18-7-5-17(6-8-18)13-23(14-25)10-12-28(15-23)22(29)20-4-2-1-3-19(20)21-9-11-26-16-27-21/h1-9,11,16H,10,12-13,15H2/t23-/m1/s1. The van der Waals surface area contributed by atoms with Crippen molar-refractivity contribution in [2.24, 2.45) is 5.41 Å². The third kappa shape index (κ3) is 3.85. The normalized spacial score (nSPS) is 18.4. The van der Waals surface area contributed by atoms with E-state index in [1.165, 1.54) is 18.5 Å². The Labute approximate surface area is 168 Å². The van der Waals surface area contributed by atoms with Crippen molar-refractivity contribution in [3.05, 3.63) is 84.1 Å². The maximum Gasteiger partial charge on any atom is 0.254 e. The van der Waals surface area contributed by atoms with E-state index in [-0.39, 0.29) is 11.7 Å². The first-order valence-corrected chi connectivity index (χ1v) is 9.41. The second kappa shape index (κ2) is 7.80. The molecule has 1 aliphatic rings. The number of halogens is 1. The molecule has 1 fully saturated rings. The lowest BCUT2D eigenvalue weighted by atomic mass is 9.82. The van der Waals surface area contributed by atoms with Crippen molar-refractivity contribution in [1.82, 2.24) is 14.9 Å². The largest absolute Gasteiger partial charge is 0.337 e. The highest BCUT2D eigenvalue weighted by Gasteiger charge is 2.41. The SMILES string of the molecule is N#C[C@]1(Cc2ccc(F)cc2)CCN(C(=O)c2ccccc2-c2ccncn2)C1. The molecule has 0 bridgehead atoms. The Morgan fingerprint density at radius 2 is 1.97 bits per heavy atom. The summed E-state index contributed by atoms with van der Waals surface area (Å²) in [5, 5.41) is 9.86. The average Bonchev–Trinajstić information content (AvgIpc) is 3.20. The van der Waals surface area contributed by atoms with Crippen molar-refractivity contribution < 1.29 is 9.18 Å². The molecule has 5 nitrogen and oxygen atoms in total. The predicted molar refractivity (Wildman–Crippen MR) is 106 cm³/mol. The van der Waals surface area contributed by atoms with Crippen LogP contribution in [-0.2, 0) is 6.42 Å². The molecule has 1 aromatic heterocycles. The van der Waals surface area contributed by atoms with Gasteiger partial charge in [-0.15, -0.1) is 0 Å². The van der Waals surface area contributed by atoms with Crippen LogP contribution in [-0.4, -0.2) is 33.9 Å². The summed E-state index contributed by atoms with van der Waals surface area (Å²) < 4.78 is 13.2. The van der Waals surface area contributed by atoms with Gasteiger partial charge in [0, 0.05) is 30.4 Å². The third-order valence-corrected chi connectivity index (χ3v) is 5.35. The predicted octanol–water partition coefficient (Wildman–Crippen LogP) is 3.88. The van der Waals surface area contributed by atoms with Gasteiger partial charge in [-0.1, -0.05) is 30.3 Å². The number of carbonyl (C=O) groups excluding carboxylic acids is 1. The van der Waals surface area contributed by atoms with E-state index in [0.717, 1.165) is 11.1 Å². The molecule has 2 aromatic carbocycles. The summed E-state index contributed by atoms with van der Waals surface area (Å²) in [4.78, 5) is 23.2. The summed E-state index contributed by atoms with van der Waals surface area (Å²) in [7, 11) is 0. The molecule has 29 heavy (non-hydrogen) atoms. The molecule has 144 valence electrons. The van der Waals surface area contributed by atoms with Crippen LogP contribution in [0, 0.1) is 22.6 Å². The summed E-state index contributed by atoms with van der Waals surface area (Å²) in [6.07, 6.45) is 4.17. The van der Waals surface area contributed by atoms with Crippen LogP contribution in [0.2, 0.25) is 0 Å². The van der Waals surface area contributed by atoms with Crippen LogP contribution in [0.5, 0.6) is 0 Å². The monoisotopic (exact) mass is 386 g/mol. The number of benzene rings is 2. The average molecular weight is 386 g/mol. The number of likely N-dealkylation sites (tertiary alicyclic amines) is 1. The molecule has 0 unspecified atom stereocenters. The second-order valence-electron chi connectivity index (χ2n) is 7.31. The van der Waals surface area contributed by atoms with Crippen LogP contribution in [0.1, 0.15) is 22.3 Å². The van der Waals surface area contributed by atoms with Crippen LogP contribution >= 0.6 is 0 Å². The van der Waals surface area contributed by atoms with Gasteiger partial charge in [-0.2, -0.15) is 5.26 Å². The molecule has 3 aromatic rings. The first-order chi connectivity index (χ1) is 14.1. The van der Waals surface area contributed by atoms with Crippen molar-refractivity contribution in [2.75, 3.05) is 13.1 Å². The van der Waals surface area contributed by atoms with E-state index in [9.17, 15) is 14.4 Å². The van der Waals surface area contributed by atoms with Gasteiger partial charge >= 0.3 is 0 Å². The third-order valence-electron chi connectivity index (χ3n) is 5.35. The Balaban J connectivity index is 1.57. The van der Waals surface area contributed by atoms with Gasteiger partial charge < -0.3 is 4.90 Å². The first-order valence-electron chi connectivity index (χ1n) is 9.41. The van der Waals surface area contributed by atoms with Gasteiger partial charge in [-0.3, -0.25) is 4.79 Å². The van der Waals surface area contributed by atoms with E-state index in [0.29, 0.717) is 37.2 Å². The molecule has 0 aliphatic carbocycles. The maximum absolute atomic E-state index is 13.3. The van der Waals surface area contributed by atoms with Gasteiger partial charge in [-0.25, -0.2) is 14.4 Å². The van der Waals surface area contributed by atoms with Gasteiger partial charge in [0.2, 0.25) is 0 Å². The van der Waals surface area contributed by atoms with E-state index < -0.39 is 5.41 Å². The van der Waals surface area contributed by atoms with Crippen LogP contribution in [0.25, 0.3) is 11.3 Å². The van der Waals surface area contributed by atoms with E-state index >= 15 is 0 Å². The summed E-state index contributed by atoms with van der Waals surface area (Å²) in [5.41, 5.74) is 2.21. The molecule has 0 N–H and O–H groups in total. The summed E-state index contributed by atoms with van der Waals surface area (Å²) >= 11 is 0. The molecule has 1 atom stereocenters. The Morgan fingerprint density at radius 1 is 1.17 bits per heavy atom. The number of rotatable bonds is 4. The molecule has 1 aliphatic heterocycles. The second-order valence-corrected chi connectivity index (χ2v) is 7.31. The molecule has 0 spiro atoms. The Bertz CT molecular complexity index is 1060. The quantitative estimate of drug-likeness (QED) is 0.682. The summed E-state index contributed by atoms with van der Waals surface area (Å²) in [6.45, 7) is 0.851. The molecule has 1 saturated heterocycles. The number of carbonyl (C=O) groups is 1. The minimum absolute atomic E-state index is 0.115. The van der Waals surface area contributed by atoms with Gasteiger partial charge in [0.15, 0.2) is 0 Å². The zero-order valence-corrected chi connectivity index (χ0v) is 15.8. The number of nitrogens with zero attached hydrogens (tertiary/aromatic N) is 4. The zero-order chi connectivity index (χ0) is 20.3. The molecule has 2 heterocycles. The maximum atomic E-state index is 13.3. The highest BCUT2D eigenvalue weighted by Crippen LogP contribution is 2.35. The van der Waals surface area contributed by atoms with Crippen LogP contribution in [0.3, 0.4) is 0 Å². The fourth-order valence-corrected chi connectivity index (χ4v) is 3.83. The van der Waals surface area contributed by atoms with E-state index in [1.807, 2.05) is 18.2 Å². The number of amides is 1. The van der Waals surface area contributed by atoms with Gasteiger partial charge in [0.25, 0.3) is 5.91 Å². The number of aromatic nitrogens is 2. The molecule has 6 heteroatoms. The topological polar surface area (TPSA) is 69.9 Å². The molecule has 0 saturated carbocycles. The zero-order valence-electron chi connectivity index (χ0n) is 15.8. The van der Waals surface area contributed by atoms with E-state index in [1.54, 1.807) is 35.4 Å². The van der Waals surface area contributed by atoms with Crippen LogP contribution in [0.4, 0.5) is 4.39 Å². The number of hydrogen-bond acceptors (Lipinski definition) is 4. The minimum Gasteiger partial charge on any atom is -0.337 e. The summed E-state index contributed by atoms with van der Waals surface area (Å²) in [5.74, 6) is -0.417. The lowest BCUT2D eigenvalue weighted by Gasteiger charge is -2.23. The number of nitriles is 1. The highest BCUT2D eigenvalue weighted by molar-refractivity contribution is 6.00. The lowest BCUT2D eigenvalue weighted by molar-refractivity contribution is 0.0781. The van der Waals surface area contributed by atoms with E-state index in [4.69, 9.17) is 0 Å².